The number of anilines is 2. The van der Waals surface area contributed by atoms with Crippen molar-refractivity contribution < 1.29 is 13.2 Å². The van der Waals surface area contributed by atoms with Crippen LogP contribution in [0.2, 0.25) is 0 Å². The lowest BCUT2D eigenvalue weighted by Gasteiger charge is -2.22. The van der Waals surface area contributed by atoms with Gasteiger partial charge in [-0.25, -0.2) is 8.42 Å². The zero-order chi connectivity index (χ0) is 18.4. The van der Waals surface area contributed by atoms with E-state index in [1.165, 1.54) is 10.6 Å². The second-order valence-corrected chi connectivity index (χ2v) is 8.57. The van der Waals surface area contributed by atoms with E-state index in [0.29, 0.717) is 17.8 Å². The van der Waals surface area contributed by atoms with E-state index in [4.69, 9.17) is 0 Å². The van der Waals surface area contributed by atoms with Crippen LogP contribution in [0.1, 0.15) is 18.4 Å². The molecule has 0 fully saturated rings. The number of carbonyl (C=O) groups excluding carboxylic acids is 1. The molecule has 0 aliphatic carbocycles. The van der Waals surface area contributed by atoms with Gasteiger partial charge in [0, 0.05) is 17.4 Å². The Kier molecular flexibility index (Phi) is 6.61. The highest BCUT2D eigenvalue weighted by molar-refractivity contribution is 9.10. The second-order valence-electron chi connectivity index (χ2n) is 5.81. The smallest absolute Gasteiger partial charge is 0.232 e. The molecule has 0 aromatic heterocycles. The third kappa shape index (κ3) is 5.86. The van der Waals surface area contributed by atoms with Gasteiger partial charge in [0.1, 0.15) is 0 Å². The number of hydrogen-bond donors (Lipinski definition) is 1. The van der Waals surface area contributed by atoms with Crippen molar-refractivity contribution in [1.82, 2.24) is 0 Å². The molecule has 0 heterocycles. The lowest BCUT2D eigenvalue weighted by molar-refractivity contribution is -0.116. The summed E-state index contributed by atoms with van der Waals surface area (Å²) >= 11 is 3.38. The Morgan fingerprint density at radius 1 is 1.16 bits per heavy atom. The number of halogens is 1. The molecule has 5 nitrogen and oxygen atoms in total. The molecule has 0 atom stereocenters. The SMILES string of the molecule is Cc1cccc(N(CCCC(=O)Nc2ccccc2Br)S(C)(=O)=O)c1. The molecule has 0 unspecified atom stereocenters. The minimum absolute atomic E-state index is 0.149. The van der Waals surface area contributed by atoms with Gasteiger partial charge in [0.2, 0.25) is 15.9 Å². The Bertz CT molecular complexity index is 853. The molecule has 1 amide bonds. The molecule has 2 aromatic carbocycles. The van der Waals surface area contributed by atoms with Gasteiger partial charge in [-0.15, -0.1) is 0 Å². The Balaban J connectivity index is 1.97. The molecule has 1 N–H and O–H groups in total. The Hall–Kier alpha value is -1.86. The molecule has 25 heavy (non-hydrogen) atoms. The van der Waals surface area contributed by atoms with Gasteiger partial charge in [-0.1, -0.05) is 24.3 Å². The number of hydrogen-bond acceptors (Lipinski definition) is 3. The van der Waals surface area contributed by atoms with Crippen molar-refractivity contribution in [3.8, 4) is 0 Å². The van der Waals surface area contributed by atoms with Gasteiger partial charge in [-0.3, -0.25) is 9.10 Å². The van der Waals surface area contributed by atoms with Crippen molar-refractivity contribution in [3.63, 3.8) is 0 Å². The summed E-state index contributed by atoms with van der Waals surface area (Å²) in [6.07, 6.45) is 1.84. The summed E-state index contributed by atoms with van der Waals surface area (Å²) in [7, 11) is -3.40. The number of benzene rings is 2. The van der Waals surface area contributed by atoms with Gasteiger partial charge < -0.3 is 5.32 Å². The predicted molar refractivity (Wildman–Crippen MR) is 105 cm³/mol. The highest BCUT2D eigenvalue weighted by Gasteiger charge is 2.17. The van der Waals surface area contributed by atoms with Crippen LogP contribution >= 0.6 is 15.9 Å². The lowest BCUT2D eigenvalue weighted by Crippen LogP contribution is -2.31. The van der Waals surface area contributed by atoms with E-state index in [-0.39, 0.29) is 18.9 Å². The van der Waals surface area contributed by atoms with Crippen molar-refractivity contribution in [2.24, 2.45) is 0 Å². The van der Waals surface area contributed by atoms with E-state index >= 15 is 0 Å². The second kappa shape index (κ2) is 8.49. The Morgan fingerprint density at radius 3 is 2.52 bits per heavy atom. The van der Waals surface area contributed by atoms with Crippen LogP contribution in [0.25, 0.3) is 0 Å². The van der Waals surface area contributed by atoms with E-state index in [1.807, 2.05) is 43.3 Å². The molecule has 0 aliphatic heterocycles. The number of rotatable bonds is 7. The molecule has 2 aromatic rings. The monoisotopic (exact) mass is 424 g/mol. The fourth-order valence-electron chi connectivity index (χ4n) is 2.43. The Labute approximate surface area is 157 Å². The van der Waals surface area contributed by atoms with Gasteiger partial charge >= 0.3 is 0 Å². The fourth-order valence-corrected chi connectivity index (χ4v) is 3.77. The van der Waals surface area contributed by atoms with Gasteiger partial charge in [-0.2, -0.15) is 0 Å². The number of amides is 1. The third-order valence-electron chi connectivity index (χ3n) is 3.60. The van der Waals surface area contributed by atoms with Crippen molar-refractivity contribution in [2.75, 3.05) is 22.4 Å². The maximum Gasteiger partial charge on any atom is 0.232 e. The van der Waals surface area contributed by atoms with Crippen LogP contribution < -0.4 is 9.62 Å². The van der Waals surface area contributed by atoms with E-state index < -0.39 is 10.0 Å². The summed E-state index contributed by atoms with van der Waals surface area (Å²) in [4.78, 5) is 12.1. The molecule has 134 valence electrons. The first kappa shape index (κ1) is 19.5. The molecule has 0 spiro atoms. The van der Waals surface area contributed by atoms with E-state index in [9.17, 15) is 13.2 Å². The van der Waals surface area contributed by atoms with Crippen molar-refractivity contribution >= 4 is 43.2 Å². The molecule has 0 saturated carbocycles. The first-order chi connectivity index (χ1) is 11.8. The number of nitrogens with one attached hydrogen (secondary N) is 1. The van der Waals surface area contributed by atoms with Crippen LogP contribution in [0.15, 0.2) is 53.0 Å². The molecule has 0 radical (unpaired) electrons. The molecule has 0 saturated heterocycles. The van der Waals surface area contributed by atoms with Gasteiger partial charge in [-0.05, 0) is 59.1 Å². The molecule has 7 heteroatoms. The van der Waals surface area contributed by atoms with E-state index in [1.54, 1.807) is 12.1 Å². The Morgan fingerprint density at radius 2 is 1.88 bits per heavy atom. The molecule has 0 aliphatic rings. The summed E-state index contributed by atoms with van der Waals surface area (Å²) in [5, 5.41) is 2.82. The maximum absolute atomic E-state index is 12.1. The number of nitrogens with zero attached hydrogens (tertiary/aromatic N) is 1. The fraction of sp³-hybridized carbons (Fsp3) is 0.278. The topological polar surface area (TPSA) is 66.5 Å². The van der Waals surface area contributed by atoms with Crippen molar-refractivity contribution in [3.05, 3.63) is 58.6 Å². The standard InChI is InChI=1S/C18H21BrN2O3S/c1-14-7-5-8-15(13-14)21(25(2,23)24)12-6-11-18(22)20-17-10-4-3-9-16(17)19/h3-5,7-10,13H,6,11-12H2,1-2H3,(H,20,22). The van der Waals surface area contributed by atoms with E-state index in [0.717, 1.165) is 10.0 Å². The molecule has 2 rings (SSSR count). The third-order valence-corrected chi connectivity index (χ3v) is 5.49. The van der Waals surface area contributed by atoms with Crippen LogP contribution in [-0.2, 0) is 14.8 Å². The van der Waals surface area contributed by atoms with Crippen LogP contribution in [0.4, 0.5) is 11.4 Å². The molecular weight excluding hydrogens is 404 g/mol. The zero-order valence-electron chi connectivity index (χ0n) is 14.2. The van der Waals surface area contributed by atoms with Crippen LogP contribution in [-0.4, -0.2) is 27.1 Å². The minimum atomic E-state index is -3.40. The highest BCUT2D eigenvalue weighted by Crippen LogP contribution is 2.22. The number of aryl methyl sites for hydroxylation is 1. The number of carbonyl (C=O) groups is 1. The zero-order valence-corrected chi connectivity index (χ0v) is 16.6. The largest absolute Gasteiger partial charge is 0.325 e. The van der Waals surface area contributed by atoms with Crippen LogP contribution in [0.5, 0.6) is 0 Å². The minimum Gasteiger partial charge on any atom is -0.325 e. The van der Waals surface area contributed by atoms with Gasteiger partial charge in [0.15, 0.2) is 0 Å². The molecular formula is C18H21BrN2O3S. The predicted octanol–water partition coefficient (Wildman–Crippen LogP) is 3.94. The summed E-state index contributed by atoms with van der Waals surface area (Å²) in [6, 6.07) is 14.7. The summed E-state index contributed by atoms with van der Waals surface area (Å²) < 4.78 is 26.3. The summed E-state index contributed by atoms with van der Waals surface area (Å²) in [5.74, 6) is -0.149. The van der Waals surface area contributed by atoms with Gasteiger partial charge in [0.05, 0.1) is 17.6 Å². The van der Waals surface area contributed by atoms with Crippen molar-refractivity contribution in [2.45, 2.75) is 19.8 Å². The van der Waals surface area contributed by atoms with Crippen LogP contribution in [0, 0.1) is 6.92 Å². The van der Waals surface area contributed by atoms with Crippen LogP contribution in [0.3, 0.4) is 0 Å². The highest BCUT2D eigenvalue weighted by atomic mass is 79.9. The average Bonchev–Trinajstić information content (AvgIpc) is 2.52. The average molecular weight is 425 g/mol. The first-order valence-corrected chi connectivity index (χ1v) is 10.5. The quantitative estimate of drug-likeness (QED) is 0.731. The summed E-state index contributed by atoms with van der Waals surface area (Å²) in [6.45, 7) is 2.17. The summed E-state index contributed by atoms with van der Waals surface area (Å²) in [5.41, 5.74) is 2.30. The van der Waals surface area contributed by atoms with Gasteiger partial charge in [0.25, 0.3) is 0 Å². The number of sulfonamides is 1. The lowest BCUT2D eigenvalue weighted by atomic mass is 10.2. The normalized spacial score (nSPS) is 11.2. The molecule has 0 bridgehead atoms. The van der Waals surface area contributed by atoms with Crippen molar-refractivity contribution in [1.29, 1.82) is 0 Å². The number of para-hydroxylation sites is 1. The maximum atomic E-state index is 12.1. The first-order valence-electron chi connectivity index (χ1n) is 7.86. The van der Waals surface area contributed by atoms with E-state index in [2.05, 4.69) is 21.2 Å².